The molecule has 10 nitrogen and oxygen atoms in total. The number of amides is 3. The number of aromatic nitrogens is 2. The van der Waals surface area contributed by atoms with E-state index in [1.807, 2.05) is 0 Å². The maximum absolute atomic E-state index is 14.8. The van der Waals surface area contributed by atoms with Gasteiger partial charge in [0.15, 0.2) is 11.6 Å². The predicted molar refractivity (Wildman–Crippen MR) is 130 cm³/mol. The zero-order valence-corrected chi connectivity index (χ0v) is 19.5. The Morgan fingerprint density at radius 2 is 1.89 bits per heavy atom. The van der Waals surface area contributed by atoms with Gasteiger partial charge in [0, 0.05) is 36.8 Å². The zero-order valence-electron chi connectivity index (χ0n) is 19.5. The van der Waals surface area contributed by atoms with E-state index in [0.717, 1.165) is 6.07 Å². The molecule has 2 heterocycles. The number of carbonyl (C=O) groups is 2. The number of urea groups is 1. The van der Waals surface area contributed by atoms with Crippen LogP contribution in [0.2, 0.25) is 0 Å². The van der Waals surface area contributed by atoms with Gasteiger partial charge in [0.25, 0.3) is 0 Å². The highest BCUT2D eigenvalue weighted by molar-refractivity contribution is 6.01. The van der Waals surface area contributed by atoms with Crippen molar-refractivity contribution in [3.63, 3.8) is 0 Å². The Hall–Kier alpha value is -4.71. The highest BCUT2D eigenvalue weighted by Crippen LogP contribution is 2.36. The van der Waals surface area contributed by atoms with Crippen LogP contribution in [-0.2, 0) is 16.0 Å². The van der Waals surface area contributed by atoms with E-state index in [1.54, 1.807) is 6.20 Å². The first kappa shape index (κ1) is 25.4. The molecule has 1 atom stereocenters. The number of nitrogens with one attached hydrogen (secondary N) is 3. The molecule has 4 aromatic rings. The summed E-state index contributed by atoms with van der Waals surface area (Å²) in [7, 11) is 1.43. The number of carbonyl (C=O) groups excluding carboxylic acids is 2. The minimum atomic E-state index is -0.859. The van der Waals surface area contributed by atoms with Crippen LogP contribution in [0.15, 0.2) is 66.1 Å². The highest BCUT2D eigenvalue weighted by atomic mass is 19.1. The maximum Gasteiger partial charge on any atom is 0.325 e. The van der Waals surface area contributed by atoms with Gasteiger partial charge in [0.05, 0.1) is 11.8 Å². The van der Waals surface area contributed by atoms with Crippen molar-refractivity contribution in [1.82, 2.24) is 15.3 Å². The Morgan fingerprint density at radius 3 is 2.59 bits per heavy atom. The Kier molecular flexibility index (Phi) is 7.79. The third kappa shape index (κ3) is 6.11. The predicted octanol–water partition coefficient (Wildman–Crippen LogP) is 4.98. The fourth-order valence-corrected chi connectivity index (χ4v) is 3.66. The van der Waals surface area contributed by atoms with Crippen LogP contribution in [0.25, 0.3) is 11.0 Å². The summed E-state index contributed by atoms with van der Waals surface area (Å²) in [6.07, 6.45) is 2.30. The fourth-order valence-electron chi connectivity index (χ4n) is 3.66. The topological polar surface area (TPSA) is 135 Å². The van der Waals surface area contributed by atoms with Crippen molar-refractivity contribution in [2.45, 2.75) is 12.5 Å². The molecular weight excluding hydrogens is 488 g/mol. The largest absolute Gasteiger partial charge is 0.453 e. The van der Waals surface area contributed by atoms with Crippen LogP contribution in [0.3, 0.4) is 0 Å². The van der Waals surface area contributed by atoms with Crippen LogP contribution in [0.4, 0.5) is 19.3 Å². The summed E-state index contributed by atoms with van der Waals surface area (Å²) in [5.41, 5.74) is 1.62. The van der Waals surface area contributed by atoms with Gasteiger partial charge in [0.1, 0.15) is 29.9 Å². The summed E-state index contributed by atoms with van der Waals surface area (Å²) in [5.74, 6) is -1.71. The average Bonchev–Trinajstić information content (AvgIpc) is 3.30. The van der Waals surface area contributed by atoms with E-state index < -0.39 is 29.7 Å². The lowest BCUT2D eigenvalue weighted by Crippen LogP contribution is -2.35. The lowest BCUT2D eigenvalue weighted by molar-refractivity contribution is -0.119. The first-order valence-corrected chi connectivity index (χ1v) is 11.0. The highest BCUT2D eigenvalue weighted by Gasteiger charge is 2.20. The van der Waals surface area contributed by atoms with Crippen molar-refractivity contribution in [2.75, 3.05) is 19.0 Å². The molecule has 37 heavy (non-hydrogen) atoms. The molecule has 12 heteroatoms. The smallest absolute Gasteiger partial charge is 0.325 e. The summed E-state index contributed by atoms with van der Waals surface area (Å²) in [6, 6.07) is 9.70. The second kappa shape index (κ2) is 11.4. The monoisotopic (exact) mass is 509 g/mol. The van der Waals surface area contributed by atoms with Crippen molar-refractivity contribution >= 4 is 28.7 Å². The van der Waals surface area contributed by atoms with Crippen LogP contribution in [-0.4, -0.2) is 35.6 Å². The number of methoxy groups -OCH3 is 1. The number of anilines is 1. The number of imide groups is 1. The molecular formula is C25H21F2N5O5. The number of halogens is 2. The van der Waals surface area contributed by atoms with E-state index in [0.29, 0.717) is 22.2 Å². The first-order valence-electron chi connectivity index (χ1n) is 11.0. The first-order chi connectivity index (χ1) is 17.9. The Balaban J connectivity index is 1.44. The number of benzene rings is 2. The van der Waals surface area contributed by atoms with Gasteiger partial charge >= 0.3 is 6.03 Å². The molecule has 0 spiro atoms. The van der Waals surface area contributed by atoms with E-state index in [-0.39, 0.29) is 30.2 Å². The van der Waals surface area contributed by atoms with E-state index in [4.69, 9.17) is 9.47 Å². The molecule has 0 saturated heterocycles. The lowest BCUT2D eigenvalue weighted by Gasteiger charge is -2.14. The number of rotatable bonds is 9. The number of hydrogen-bond acceptors (Lipinski definition) is 7. The van der Waals surface area contributed by atoms with Crippen LogP contribution < -0.4 is 15.4 Å². The van der Waals surface area contributed by atoms with Crippen molar-refractivity contribution in [2.24, 2.45) is 5.18 Å². The average molecular weight is 509 g/mol. The number of ether oxygens (including phenoxy) is 2. The molecule has 4 rings (SSSR count). The number of nitrogens with zero attached hydrogens (tertiary/aromatic N) is 2. The maximum atomic E-state index is 14.8. The number of pyridine rings is 1. The molecule has 2 aromatic heterocycles. The Morgan fingerprint density at radius 1 is 1.11 bits per heavy atom. The molecule has 2 aromatic carbocycles. The standard InChI is InChI=1S/C25H21F2N5O5/c1-36-21(13-30-35)17-12-29-24-23(17)20(8-9-28-24)37-19-7-6-16(11-18(19)27)31-25(34)32-22(33)10-14-2-4-15(26)5-3-14/h2-9,11-12,21H,10,13H2,1H3,(H,28,29)(H2,31,32,33,34). The third-order valence-electron chi connectivity index (χ3n) is 5.38. The summed E-state index contributed by atoms with van der Waals surface area (Å²) in [6.45, 7) is -0.138. The van der Waals surface area contributed by atoms with Crippen molar-refractivity contribution in [1.29, 1.82) is 0 Å². The Labute approximate surface area is 209 Å². The SMILES string of the molecule is COC(CN=O)c1c[nH]c2nccc(Oc3ccc(NC(=O)NC(=O)Cc4ccc(F)cc4)cc3F)c12. The molecule has 0 aliphatic rings. The van der Waals surface area contributed by atoms with Gasteiger partial charge in [-0.3, -0.25) is 10.1 Å². The molecule has 3 N–H and O–H groups in total. The number of nitroso groups, excluding NO2 is 1. The summed E-state index contributed by atoms with van der Waals surface area (Å²) in [4.78, 5) is 42.1. The van der Waals surface area contributed by atoms with Crippen molar-refractivity contribution in [3.05, 3.63) is 88.6 Å². The molecule has 0 aliphatic carbocycles. The Bertz CT molecular complexity index is 1440. The number of hydrogen-bond donors (Lipinski definition) is 3. The molecule has 0 bridgehead atoms. The van der Waals surface area contributed by atoms with Crippen LogP contribution in [0.1, 0.15) is 17.2 Å². The summed E-state index contributed by atoms with van der Waals surface area (Å²) >= 11 is 0. The van der Waals surface area contributed by atoms with Crippen molar-refractivity contribution < 1.29 is 27.8 Å². The van der Waals surface area contributed by atoms with E-state index in [2.05, 4.69) is 25.8 Å². The molecule has 0 radical (unpaired) electrons. The fraction of sp³-hybridized carbons (Fsp3) is 0.160. The van der Waals surface area contributed by atoms with Gasteiger partial charge in [0.2, 0.25) is 5.91 Å². The minimum Gasteiger partial charge on any atom is -0.453 e. The van der Waals surface area contributed by atoms with Gasteiger partial charge in [-0.1, -0.05) is 17.3 Å². The van der Waals surface area contributed by atoms with Gasteiger partial charge < -0.3 is 19.8 Å². The van der Waals surface area contributed by atoms with E-state index >= 15 is 0 Å². The molecule has 3 amide bonds. The van der Waals surface area contributed by atoms with Gasteiger partial charge in [-0.15, -0.1) is 0 Å². The van der Waals surface area contributed by atoms with Crippen LogP contribution in [0.5, 0.6) is 11.5 Å². The second-order valence-corrected chi connectivity index (χ2v) is 7.87. The van der Waals surface area contributed by atoms with Crippen molar-refractivity contribution in [3.8, 4) is 11.5 Å². The minimum absolute atomic E-state index is 0.0793. The number of H-pyrrole nitrogens is 1. The second-order valence-electron chi connectivity index (χ2n) is 7.87. The van der Waals surface area contributed by atoms with Crippen LogP contribution in [0, 0.1) is 16.5 Å². The molecule has 0 aliphatic heterocycles. The summed E-state index contributed by atoms with van der Waals surface area (Å²) in [5, 5.41) is 7.89. The number of aromatic amines is 1. The van der Waals surface area contributed by atoms with Gasteiger partial charge in [-0.05, 0) is 35.9 Å². The molecule has 1 unspecified atom stereocenters. The lowest BCUT2D eigenvalue weighted by atomic mass is 10.1. The third-order valence-corrected chi connectivity index (χ3v) is 5.38. The van der Waals surface area contributed by atoms with Crippen LogP contribution >= 0.6 is 0 Å². The van der Waals surface area contributed by atoms with Gasteiger partial charge in [-0.2, -0.15) is 4.91 Å². The normalized spacial score (nSPS) is 11.6. The van der Waals surface area contributed by atoms with Gasteiger partial charge in [-0.25, -0.2) is 18.6 Å². The van der Waals surface area contributed by atoms with E-state index in [1.165, 1.54) is 55.8 Å². The molecule has 190 valence electrons. The number of fused-ring (bicyclic) bond motifs is 1. The molecule has 0 saturated carbocycles. The quantitative estimate of drug-likeness (QED) is 0.273. The zero-order chi connectivity index (χ0) is 26.4. The molecule has 0 fully saturated rings. The summed E-state index contributed by atoms with van der Waals surface area (Å²) < 4.78 is 38.9. The van der Waals surface area contributed by atoms with E-state index in [9.17, 15) is 23.3 Å².